The summed E-state index contributed by atoms with van der Waals surface area (Å²) in [4.78, 5) is 4.12. The van der Waals surface area contributed by atoms with E-state index >= 15 is 0 Å². The maximum Gasteiger partial charge on any atom is 0.219 e. The fourth-order valence-electron chi connectivity index (χ4n) is 2.52. The lowest BCUT2D eigenvalue weighted by Crippen LogP contribution is -2.21. The van der Waals surface area contributed by atoms with E-state index in [9.17, 15) is 0 Å². The first-order valence-electron chi connectivity index (χ1n) is 7.66. The zero-order valence-corrected chi connectivity index (χ0v) is 12.9. The highest BCUT2D eigenvalue weighted by molar-refractivity contribution is 5.48. The second-order valence-corrected chi connectivity index (χ2v) is 5.47. The van der Waals surface area contributed by atoms with Crippen LogP contribution < -0.4 is 19.9 Å². The molecule has 0 radical (unpaired) electrons. The molecule has 120 valence electrons. The number of hydrogen-bond acceptors (Lipinski definition) is 5. The van der Waals surface area contributed by atoms with Crippen molar-refractivity contribution in [2.24, 2.45) is 0 Å². The van der Waals surface area contributed by atoms with Crippen molar-refractivity contribution in [2.75, 3.05) is 12.3 Å². The van der Waals surface area contributed by atoms with Crippen LogP contribution in [-0.4, -0.2) is 11.6 Å². The third-order valence-corrected chi connectivity index (χ3v) is 3.73. The third kappa shape index (κ3) is 2.96. The number of hydrogen-bond donors (Lipinski definition) is 1. The van der Waals surface area contributed by atoms with E-state index in [2.05, 4.69) is 4.98 Å². The molecule has 2 N–H and O–H groups in total. The standard InChI is InChI=1S/C19H16N2O3/c20-14-6-9-19(21-11-14)23-15-7-8-16-17(10-15)22-12-18(24-16)13-4-2-1-3-5-13/h1-11,18H,12,20H2. The molecule has 0 aliphatic carbocycles. The van der Waals surface area contributed by atoms with Gasteiger partial charge in [-0.25, -0.2) is 4.98 Å². The average molecular weight is 320 g/mol. The molecule has 3 aromatic rings. The first kappa shape index (κ1) is 14.4. The Labute approximate surface area is 139 Å². The molecule has 2 aromatic carbocycles. The van der Waals surface area contributed by atoms with Gasteiger partial charge in [-0.2, -0.15) is 0 Å². The summed E-state index contributed by atoms with van der Waals surface area (Å²) in [5.41, 5.74) is 7.30. The molecule has 5 heteroatoms. The van der Waals surface area contributed by atoms with Crippen LogP contribution in [0.4, 0.5) is 5.69 Å². The van der Waals surface area contributed by atoms with Crippen molar-refractivity contribution in [3.63, 3.8) is 0 Å². The summed E-state index contributed by atoms with van der Waals surface area (Å²) in [5.74, 6) is 2.47. The summed E-state index contributed by atoms with van der Waals surface area (Å²) in [6, 6.07) is 19.0. The number of nitrogen functional groups attached to an aromatic ring is 1. The van der Waals surface area contributed by atoms with Gasteiger partial charge >= 0.3 is 0 Å². The summed E-state index contributed by atoms with van der Waals surface area (Å²) in [6.07, 6.45) is 1.45. The Balaban J connectivity index is 1.52. The molecule has 0 saturated heterocycles. The highest BCUT2D eigenvalue weighted by Crippen LogP contribution is 2.39. The van der Waals surface area contributed by atoms with E-state index in [4.69, 9.17) is 19.9 Å². The van der Waals surface area contributed by atoms with Gasteiger partial charge in [0.25, 0.3) is 0 Å². The van der Waals surface area contributed by atoms with E-state index in [0.717, 1.165) is 5.56 Å². The van der Waals surface area contributed by atoms with Crippen LogP contribution in [0.2, 0.25) is 0 Å². The van der Waals surface area contributed by atoms with Crippen molar-refractivity contribution in [1.82, 2.24) is 4.98 Å². The van der Waals surface area contributed by atoms with E-state index in [-0.39, 0.29) is 6.10 Å². The summed E-state index contributed by atoms with van der Waals surface area (Å²) >= 11 is 0. The quantitative estimate of drug-likeness (QED) is 0.791. The fraction of sp³-hybridized carbons (Fsp3) is 0.105. The molecule has 0 bridgehead atoms. The Morgan fingerprint density at radius 3 is 2.67 bits per heavy atom. The molecular formula is C19H16N2O3. The highest BCUT2D eigenvalue weighted by Gasteiger charge is 2.23. The predicted octanol–water partition coefficient (Wildman–Crippen LogP) is 3.97. The van der Waals surface area contributed by atoms with Crippen LogP contribution in [0.5, 0.6) is 23.1 Å². The maximum absolute atomic E-state index is 6.03. The molecule has 1 atom stereocenters. The van der Waals surface area contributed by atoms with Gasteiger partial charge in [0, 0.05) is 12.1 Å². The Hall–Kier alpha value is -3.21. The highest BCUT2D eigenvalue weighted by atomic mass is 16.6. The zero-order chi connectivity index (χ0) is 16.4. The van der Waals surface area contributed by atoms with Gasteiger partial charge in [0.15, 0.2) is 17.6 Å². The second-order valence-electron chi connectivity index (χ2n) is 5.47. The molecule has 1 aromatic heterocycles. The molecule has 5 nitrogen and oxygen atoms in total. The maximum atomic E-state index is 6.03. The van der Waals surface area contributed by atoms with E-state index in [0.29, 0.717) is 35.4 Å². The van der Waals surface area contributed by atoms with E-state index in [1.165, 1.54) is 0 Å². The number of nitrogens with two attached hydrogens (primary N) is 1. The summed E-state index contributed by atoms with van der Waals surface area (Å²) < 4.78 is 17.6. The van der Waals surface area contributed by atoms with Crippen LogP contribution in [0, 0.1) is 0 Å². The largest absolute Gasteiger partial charge is 0.485 e. The van der Waals surface area contributed by atoms with Crippen LogP contribution in [-0.2, 0) is 0 Å². The Morgan fingerprint density at radius 1 is 1.00 bits per heavy atom. The van der Waals surface area contributed by atoms with Crippen LogP contribution in [0.15, 0.2) is 66.9 Å². The van der Waals surface area contributed by atoms with Crippen molar-refractivity contribution < 1.29 is 14.2 Å². The third-order valence-electron chi connectivity index (χ3n) is 3.73. The van der Waals surface area contributed by atoms with Crippen molar-refractivity contribution in [3.8, 4) is 23.1 Å². The normalized spacial score (nSPS) is 15.8. The molecule has 0 spiro atoms. The topological polar surface area (TPSA) is 66.6 Å². The minimum atomic E-state index is -0.107. The monoisotopic (exact) mass is 320 g/mol. The Morgan fingerprint density at radius 2 is 1.88 bits per heavy atom. The van der Waals surface area contributed by atoms with E-state index in [1.807, 2.05) is 42.5 Å². The van der Waals surface area contributed by atoms with Crippen molar-refractivity contribution >= 4 is 5.69 Å². The summed E-state index contributed by atoms with van der Waals surface area (Å²) in [7, 11) is 0. The van der Waals surface area contributed by atoms with Gasteiger partial charge in [-0.05, 0) is 23.8 Å². The molecule has 0 saturated carbocycles. The first-order chi connectivity index (χ1) is 11.8. The lowest BCUT2D eigenvalue weighted by Gasteiger charge is -2.27. The molecule has 0 fully saturated rings. The number of nitrogens with zero attached hydrogens (tertiary/aromatic N) is 1. The SMILES string of the molecule is Nc1ccc(Oc2ccc3c(c2)OCC(c2ccccc2)O3)nc1. The van der Waals surface area contributed by atoms with Gasteiger partial charge in [-0.1, -0.05) is 30.3 Å². The molecule has 0 amide bonds. The van der Waals surface area contributed by atoms with Gasteiger partial charge in [0.2, 0.25) is 5.88 Å². The minimum Gasteiger partial charge on any atom is -0.485 e. The molecule has 2 heterocycles. The number of benzene rings is 2. The molecule has 24 heavy (non-hydrogen) atoms. The number of pyridine rings is 1. The van der Waals surface area contributed by atoms with Crippen LogP contribution in [0.25, 0.3) is 0 Å². The lowest BCUT2D eigenvalue weighted by molar-refractivity contribution is 0.0910. The zero-order valence-electron chi connectivity index (χ0n) is 12.9. The lowest BCUT2D eigenvalue weighted by atomic mass is 10.1. The number of ether oxygens (including phenoxy) is 3. The van der Waals surface area contributed by atoms with Crippen LogP contribution >= 0.6 is 0 Å². The van der Waals surface area contributed by atoms with Crippen LogP contribution in [0.3, 0.4) is 0 Å². The molecule has 1 aliphatic rings. The molecule has 1 unspecified atom stereocenters. The van der Waals surface area contributed by atoms with E-state index in [1.54, 1.807) is 24.4 Å². The number of rotatable bonds is 3. The molecule has 1 aliphatic heterocycles. The van der Waals surface area contributed by atoms with Crippen molar-refractivity contribution in [3.05, 3.63) is 72.4 Å². The van der Waals surface area contributed by atoms with Gasteiger partial charge in [0.05, 0.1) is 11.9 Å². The smallest absolute Gasteiger partial charge is 0.219 e. The first-order valence-corrected chi connectivity index (χ1v) is 7.66. The minimum absolute atomic E-state index is 0.107. The van der Waals surface area contributed by atoms with Crippen molar-refractivity contribution in [2.45, 2.75) is 6.10 Å². The fourth-order valence-corrected chi connectivity index (χ4v) is 2.52. The van der Waals surface area contributed by atoms with Crippen molar-refractivity contribution in [1.29, 1.82) is 0 Å². The Kier molecular flexibility index (Phi) is 3.67. The molecular weight excluding hydrogens is 304 g/mol. The van der Waals surface area contributed by atoms with Gasteiger partial charge in [-0.15, -0.1) is 0 Å². The number of anilines is 1. The van der Waals surface area contributed by atoms with Crippen LogP contribution in [0.1, 0.15) is 11.7 Å². The van der Waals surface area contributed by atoms with E-state index < -0.39 is 0 Å². The summed E-state index contributed by atoms with van der Waals surface area (Å²) in [6.45, 7) is 0.459. The second kappa shape index (κ2) is 6.12. The van der Waals surface area contributed by atoms with Gasteiger partial charge < -0.3 is 19.9 Å². The average Bonchev–Trinajstić information content (AvgIpc) is 2.64. The number of aromatic nitrogens is 1. The Bertz CT molecular complexity index is 835. The van der Waals surface area contributed by atoms with Gasteiger partial charge in [0.1, 0.15) is 12.4 Å². The number of fused-ring (bicyclic) bond motifs is 1. The predicted molar refractivity (Wildman–Crippen MR) is 90.5 cm³/mol. The summed E-state index contributed by atoms with van der Waals surface area (Å²) in [5, 5.41) is 0. The molecule has 4 rings (SSSR count). The van der Waals surface area contributed by atoms with Gasteiger partial charge in [-0.3, -0.25) is 0 Å².